The van der Waals surface area contributed by atoms with Gasteiger partial charge in [-0.25, -0.2) is 11.4 Å². The Hall–Kier alpha value is -2.65. The number of rotatable bonds is 5. The van der Waals surface area contributed by atoms with Crippen LogP contribution in [0, 0.1) is 32.6 Å². The third kappa shape index (κ3) is 8.25. The molecule has 6 heteroatoms. The third-order valence-electron chi connectivity index (χ3n) is 7.32. The van der Waals surface area contributed by atoms with E-state index in [1.165, 1.54) is 29.7 Å². The van der Waals surface area contributed by atoms with Gasteiger partial charge in [0.05, 0.1) is 17.4 Å². The first-order chi connectivity index (χ1) is 19.7. The zero-order valence-corrected chi connectivity index (χ0v) is 29.2. The van der Waals surface area contributed by atoms with E-state index in [2.05, 4.69) is 94.5 Å². The van der Waals surface area contributed by atoms with Crippen LogP contribution >= 0.6 is 0 Å². The van der Waals surface area contributed by atoms with Crippen LogP contribution in [0.3, 0.4) is 0 Å². The Morgan fingerprint density at radius 2 is 1.71 bits per heavy atom. The van der Waals surface area contributed by atoms with E-state index in [9.17, 15) is 0 Å². The molecule has 5 nitrogen and oxygen atoms in total. The largest absolute Gasteiger partial charge is 3.00 e. The minimum absolute atomic E-state index is 0. The molecule has 1 saturated heterocycles. The molecular formula is C36H46N5Y. The van der Waals surface area contributed by atoms with Crippen molar-refractivity contribution in [2.75, 3.05) is 13.6 Å². The van der Waals surface area contributed by atoms with Crippen LogP contribution in [-0.4, -0.2) is 38.4 Å². The maximum Gasteiger partial charge on any atom is 3.00 e. The Kier molecular flexibility index (Phi) is 14.8. The van der Waals surface area contributed by atoms with Gasteiger partial charge < -0.3 is 30.7 Å². The molecule has 1 unspecified atom stereocenters. The quantitative estimate of drug-likeness (QED) is 0.171. The van der Waals surface area contributed by atoms with E-state index < -0.39 is 0 Å². The molecule has 1 atom stereocenters. The standard InChI is InChI=1S/C31H31N5.2C2H6.CH3.Y/c1-3-4-7-29-32-20-27(33-29)23-13-10-21(11-14-23)8-9-22-12-16-25-24(19-22)15-17-26-30(25)35-31(34-26)28-6-5-18-36(28)2;2*1-2;;/h7,10-14,16,19-20,28H,1,3-6,15,17-18H2,2H3,(H,32,33)(H,34,35);2*1-2H3;1H3;/q-2;;;-1;+3. The smallest absolute Gasteiger partial charge is 0.368 e. The number of nitrogens with one attached hydrogen (secondary N) is 2. The van der Waals surface area contributed by atoms with Crippen molar-refractivity contribution in [3.63, 3.8) is 0 Å². The summed E-state index contributed by atoms with van der Waals surface area (Å²) in [5, 5.41) is 0. The number of benzene rings is 2. The maximum absolute atomic E-state index is 5.05. The van der Waals surface area contributed by atoms with E-state index in [0.29, 0.717) is 6.04 Å². The first kappa shape index (κ1) is 35.5. The summed E-state index contributed by atoms with van der Waals surface area (Å²) in [6.45, 7) is 13.0. The first-order valence-corrected chi connectivity index (χ1v) is 14.9. The second-order valence-corrected chi connectivity index (χ2v) is 9.82. The van der Waals surface area contributed by atoms with Crippen LogP contribution in [0.5, 0.6) is 0 Å². The number of H-pyrrole nitrogens is 2. The van der Waals surface area contributed by atoms with E-state index in [0.717, 1.165) is 72.0 Å². The molecule has 0 spiro atoms. The van der Waals surface area contributed by atoms with Gasteiger partial charge in [-0.2, -0.15) is 6.42 Å². The molecule has 2 aliphatic rings. The molecule has 2 aromatic carbocycles. The molecule has 0 saturated carbocycles. The fourth-order valence-electron chi connectivity index (χ4n) is 5.32. The molecule has 0 radical (unpaired) electrons. The van der Waals surface area contributed by atoms with Gasteiger partial charge in [0, 0.05) is 28.6 Å². The van der Waals surface area contributed by atoms with E-state index >= 15 is 0 Å². The van der Waals surface area contributed by atoms with Crippen LogP contribution in [0.4, 0.5) is 0 Å². The SMILES string of the molecule is CC.CC.[CH2-]CC[CH-]c1ncc(-c2ccc(C#Cc3ccc4c(c3)CCc3[nH]c(C5CCCN5C)nc3-4)cc2)[nH]1.[CH3-].[Y+3]. The molecule has 1 aliphatic carbocycles. The van der Waals surface area contributed by atoms with Gasteiger partial charge in [-0.3, -0.25) is 9.88 Å². The average molecular weight is 638 g/mol. The van der Waals surface area contributed by atoms with Crippen molar-refractivity contribution in [2.45, 2.75) is 72.3 Å². The van der Waals surface area contributed by atoms with E-state index in [-0.39, 0.29) is 40.1 Å². The van der Waals surface area contributed by atoms with Crippen LogP contribution in [0.2, 0.25) is 0 Å². The van der Waals surface area contributed by atoms with Crippen LogP contribution in [0.25, 0.3) is 22.5 Å². The van der Waals surface area contributed by atoms with Crippen molar-refractivity contribution in [2.24, 2.45) is 0 Å². The third-order valence-corrected chi connectivity index (χ3v) is 7.32. The normalized spacial score (nSPS) is 14.7. The minimum Gasteiger partial charge on any atom is -0.368 e. The summed E-state index contributed by atoms with van der Waals surface area (Å²) in [5.41, 5.74) is 9.17. The molecule has 0 bridgehead atoms. The minimum atomic E-state index is 0. The van der Waals surface area contributed by atoms with E-state index in [1.54, 1.807) is 0 Å². The van der Waals surface area contributed by atoms with Gasteiger partial charge in [-0.1, -0.05) is 57.7 Å². The van der Waals surface area contributed by atoms with Crippen molar-refractivity contribution in [1.29, 1.82) is 0 Å². The van der Waals surface area contributed by atoms with E-state index in [4.69, 9.17) is 4.98 Å². The Bertz CT molecular complexity index is 1440. The number of hydrogen-bond acceptors (Lipinski definition) is 3. The van der Waals surface area contributed by atoms with Crippen molar-refractivity contribution in [3.05, 3.63) is 103 Å². The molecule has 6 rings (SSSR count). The number of nitrogens with zero attached hydrogens (tertiary/aromatic N) is 3. The summed E-state index contributed by atoms with van der Waals surface area (Å²) in [4.78, 5) is 18.9. The molecule has 2 N–H and O–H groups in total. The molecule has 1 aliphatic heterocycles. The van der Waals surface area contributed by atoms with Gasteiger partial charge in [-0.05, 0) is 80.5 Å². The van der Waals surface area contributed by atoms with Gasteiger partial charge in [-0.15, -0.1) is 0 Å². The Labute approximate surface area is 279 Å². The molecule has 42 heavy (non-hydrogen) atoms. The summed E-state index contributed by atoms with van der Waals surface area (Å²) < 4.78 is 0. The number of likely N-dealkylation sites (tertiary alicyclic amines) is 1. The molecule has 0 amide bonds. The van der Waals surface area contributed by atoms with Crippen molar-refractivity contribution >= 4 is 0 Å². The van der Waals surface area contributed by atoms with Gasteiger partial charge in [0.1, 0.15) is 5.82 Å². The van der Waals surface area contributed by atoms with Crippen molar-refractivity contribution < 1.29 is 32.7 Å². The van der Waals surface area contributed by atoms with Crippen molar-refractivity contribution in [1.82, 2.24) is 24.8 Å². The first-order valence-electron chi connectivity index (χ1n) is 14.9. The van der Waals surface area contributed by atoms with Crippen LogP contribution in [-0.2, 0) is 45.6 Å². The molecule has 4 aromatic rings. The molecule has 1 fully saturated rings. The molecule has 3 heterocycles. The number of aryl methyl sites for hydroxylation is 2. The predicted octanol–water partition coefficient (Wildman–Crippen LogP) is 8.40. The Balaban J connectivity index is 0.000000987. The zero-order chi connectivity index (χ0) is 28.5. The molecule has 2 aromatic heterocycles. The maximum atomic E-state index is 5.05. The fourth-order valence-corrected chi connectivity index (χ4v) is 5.32. The number of aromatic amines is 2. The summed E-state index contributed by atoms with van der Waals surface area (Å²) in [7, 11) is 2.20. The summed E-state index contributed by atoms with van der Waals surface area (Å²) in [5.74, 6) is 8.71. The Morgan fingerprint density at radius 1 is 1.00 bits per heavy atom. The summed E-state index contributed by atoms with van der Waals surface area (Å²) in [6.07, 6.45) is 10.2. The van der Waals surface area contributed by atoms with Crippen LogP contribution < -0.4 is 0 Å². The monoisotopic (exact) mass is 637 g/mol. The summed E-state index contributed by atoms with van der Waals surface area (Å²) >= 11 is 0. The molecular weight excluding hydrogens is 591 g/mol. The van der Waals surface area contributed by atoms with Gasteiger partial charge >= 0.3 is 32.7 Å². The average Bonchev–Trinajstić information content (AvgIpc) is 3.77. The fraction of sp³-hybridized carbons (Fsp3) is 0.361. The van der Waals surface area contributed by atoms with Gasteiger partial charge in [0.25, 0.3) is 0 Å². The molecule has 218 valence electrons. The number of unbranched alkanes of at least 4 members (excludes halogenated alkanes) is 1. The van der Waals surface area contributed by atoms with Gasteiger partial charge in [0.15, 0.2) is 0 Å². The second-order valence-electron chi connectivity index (χ2n) is 9.82. The number of hydrogen-bond donors (Lipinski definition) is 2. The Morgan fingerprint density at radius 3 is 2.40 bits per heavy atom. The summed E-state index contributed by atoms with van der Waals surface area (Å²) in [6, 6.07) is 15.3. The van der Waals surface area contributed by atoms with E-state index in [1.807, 2.05) is 33.9 Å². The van der Waals surface area contributed by atoms with Crippen LogP contribution in [0.15, 0.2) is 48.7 Å². The second kappa shape index (κ2) is 17.5. The number of aromatic nitrogens is 4. The number of fused-ring (bicyclic) bond motifs is 3. The predicted molar refractivity (Wildman–Crippen MR) is 173 cm³/mol. The number of imidazole rings is 2. The van der Waals surface area contributed by atoms with Crippen molar-refractivity contribution in [3.8, 4) is 34.4 Å². The zero-order valence-electron chi connectivity index (χ0n) is 26.3. The topological polar surface area (TPSA) is 60.6 Å². The van der Waals surface area contributed by atoms with Gasteiger partial charge in [0.2, 0.25) is 0 Å². The van der Waals surface area contributed by atoms with Crippen LogP contribution in [0.1, 0.15) is 93.5 Å².